The van der Waals surface area contributed by atoms with Gasteiger partial charge in [0.2, 0.25) is 0 Å². The van der Waals surface area contributed by atoms with Crippen LogP contribution in [0.2, 0.25) is 0 Å². The van der Waals surface area contributed by atoms with Crippen molar-refractivity contribution in [2.45, 2.75) is 39.3 Å². The lowest BCUT2D eigenvalue weighted by atomic mass is 10.0. The lowest BCUT2D eigenvalue weighted by Crippen LogP contribution is -2.40. The molecule has 112 valence electrons. The average Bonchev–Trinajstić information content (AvgIpc) is 2.54. The Morgan fingerprint density at radius 1 is 0.952 bits per heavy atom. The van der Waals surface area contributed by atoms with Crippen molar-refractivity contribution in [1.29, 1.82) is 0 Å². The molecule has 1 N–H and O–H groups in total. The van der Waals surface area contributed by atoms with Crippen molar-refractivity contribution in [2.75, 3.05) is 6.54 Å². The largest absolute Gasteiger partial charge is 0.488 e. The molecule has 2 aromatic carbocycles. The van der Waals surface area contributed by atoms with E-state index >= 15 is 0 Å². The Balaban J connectivity index is 2.21. The minimum atomic E-state index is 0.139. The van der Waals surface area contributed by atoms with E-state index in [-0.39, 0.29) is 6.10 Å². The highest BCUT2D eigenvalue weighted by molar-refractivity contribution is 5.70. The third-order valence-corrected chi connectivity index (χ3v) is 3.76. The van der Waals surface area contributed by atoms with Gasteiger partial charge in [0.05, 0.1) is 0 Å². The van der Waals surface area contributed by atoms with Gasteiger partial charge in [0.1, 0.15) is 11.9 Å². The summed E-state index contributed by atoms with van der Waals surface area (Å²) in [7, 11) is 0. The predicted molar refractivity (Wildman–Crippen MR) is 89.7 cm³/mol. The lowest BCUT2D eigenvalue weighted by molar-refractivity contribution is 0.169. The van der Waals surface area contributed by atoms with E-state index < -0.39 is 0 Å². The Morgan fingerprint density at radius 2 is 1.62 bits per heavy atom. The summed E-state index contributed by atoms with van der Waals surface area (Å²) in [4.78, 5) is 0. The van der Waals surface area contributed by atoms with Gasteiger partial charge in [0, 0.05) is 11.6 Å². The Bertz CT molecular complexity index is 538. The van der Waals surface area contributed by atoms with E-state index in [0.29, 0.717) is 6.04 Å². The molecular weight excluding hydrogens is 258 g/mol. The highest BCUT2D eigenvalue weighted by Gasteiger charge is 2.17. The third kappa shape index (κ3) is 4.08. The third-order valence-electron chi connectivity index (χ3n) is 3.76. The van der Waals surface area contributed by atoms with Crippen LogP contribution in [0.4, 0.5) is 0 Å². The summed E-state index contributed by atoms with van der Waals surface area (Å²) in [6, 6.07) is 19.0. The van der Waals surface area contributed by atoms with Crippen LogP contribution in [0, 0.1) is 0 Å². The van der Waals surface area contributed by atoms with Crippen molar-refractivity contribution in [3.63, 3.8) is 0 Å². The second-order valence-corrected chi connectivity index (χ2v) is 5.26. The number of likely N-dealkylation sites (N-methyl/N-ethyl adjacent to an activating group) is 1. The second-order valence-electron chi connectivity index (χ2n) is 5.26. The van der Waals surface area contributed by atoms with E-state index in [1.807, 2.05) is 12.1 Å². The molecule has 0 aliphatic heterocycles. The van der Waals surface area contributed by atoms with Gasteiger partial charge in [-0.3, -0.25) is 0 Å². The monoisotopic (exact) mass is 283 g/mol. The summed E-state index contributed by atoms with van der Waals surface area (Å²) in [6.45, 7) is 7.43. The van der Waals surface area contributed by atoms with Crippen molar-refractivity contribution in [1.82, 2.24) is 5.32 Å². The zero-order chi connectivity index (χ0) is 15.1. The summed E-state index contributed by atoms with van der Waals surface area (Å²) in [5.74, 6) is 0.951. The summed E-state index contributed by atoms with van der Waals surface area (Å²) < 4.78 is 6.24. The molecule has 21 heavy (non-hydrogen) atoms. The molecule has 0 fully saturated rings. The van der Waals surface area contributed by atoms with E-state index in [4.69, 9.17) is 4.74 Å². The zero-order valence-electron chi connectivity index (χ0n) is 13.2. The highest BCUT2D eigenvalue weighted by atomic mass is 16.5. The van der Waals surface area contributed by atoms with Crippen molar-refractivity contribution >= 4 is 0 Å². The normalized spacial score (nSPS) is 13.7. The first-order chi connectivity index (χ1) is 10.3. The van der Waals surface area contributed by atoms with E-state index in [9.17, 15) is 0 Å². The molecule has 0 aromatic heterocycles. The van der Waals surface area contributed by atoms with Crippen molar-refractivity contribution in [2.24, 2.45) is 0 Å². The fourth-order valence-electron chi connectivity index (χ4n) is 2.61. The molecule has 2 atom stereocenters. The van der Waals surface area contributed by atoms with Crippen LogP contribution in [0.3, 0.4) is 0 Å². The number of ether oxygens (including phenoxy) is 1. The number of hydrogen-bond donors (Lipinski definition) is 1. The van der Waals surface area contributed by atoms with Gasteiger partial charge in [0.25, 0.3) is 0 Å². The van der Waals surface area contributed by atoms with Gasteiger partial charge in [-0.15, -0.1) is 0 Å². The standard InChI is InChI=1S/C19H25NO/c1-4-18(20-5-2)15(3)21-19-14-10-9-13-17(19)16-11-7-6-8-12-16/h6-15,18,20H,4-5H2,1-3H3. The van der Waals surface area contributed by atoms with Gasteiger partial charge in [-0.1, -0.05) is 62.4 Å². The van der Waals surface area contributed by atoms with Gasteiger partial charge < -0.3 is 10.1 Å². The lowest BCUT2D eigenvalue weighted by Gasteiger charge is -2.25. The first-order valence-corrected chi connectivity index (χ1v) is 7.80. The molecule has 2 heteroatoms. The molecule has 2 unspecified atom stereocenters. The SMILES string of the molecule is CCNC(CC)C(C)Oc1ccccc1-c1ccccc1. The molecule has 0 saturated carbocycles. The molecule has 0 heterocycles. The van der Waals surface area contributed by atoms with Gasteiger partial charge >= 0.3 is 0 Å². The topological polar surface area (TPSA) is 21.3 Å². The predicted octanol–water partition coefficient (Wildman–Crippen LogP) is 4.51. The number of hydrogen-bond acceptors (Lipinski definition) is 2. The van der Waals surface area contributed by atoms with E-state index in [1.54, 1.807) is 0 Å². The van der Waals surface area contributed by atoms with Crippen LogP contribution in [0.5, 0.6) is 5.75 Å². The fourth-order valence-corrected chi connectivity index (χ4v) is 2.61. The zero-order valence-corrected chi connectivity index (χ0v) is 13.2. The van der Waals surface area contributed by atoms with E-state index in [1.165, 1.54) is 5.56 Å². The maximum absolute atomic E-state index is 6.24. The van der Waals surface area contributed by atoms with Crippen LogP contribution >= 0.6 is 0 Å². The molecule has 0 spiro atoms. The Morgan fingerprint density at radius 3 is 2.29 bits per heavy atom. The molecule has 2 rings (SSSR count). The molecule has 0 bridgehead atoms. The van der Waals surface area contributed by atoms with Crippen LogP contribution in [-0.4, -0.2) is 18.7 Å². The maximum Gasteiger partial charge on any atom is 0.127 e. The first kappa shape index (κ1) is 15.6. The number of rotatable bonds is 7. The van der Waals surface area contributed by atoms with Crippen molar-refractivity contribution in [3.05, 3.63) is 54.6 Å². The molecule has 0 amide bonds. The maximum atomic E-state index is 6.24. The molecule has 0 aliphatic carbocycles. The van der Waals surface area contributed by atoms with Crippen LogP contribution in [0.15, 0.2) is 54.6 Å². The molecular formula is C19H25NO. The summed E-state index contributed by atoms with van der Waals surface area (Å²) in [5.41, 5.74) is 2.34. The van der Waals surface area contributed by atoms with Gasteiger partial charge in [0.15, 0.2) is 0 Å². The van der Waals surface area contributed by atoms with Crippen LogP contribution < -0.4 is 10.1 Å². The Hall–Kier alpha value is -1.80. The summed E-state index contributed by atoms with van der Waals surface area (Å²) in [6.07, 6.45) is 1.20. The molecule has 0 saturated heterocycles. The van der Waals surface area contributed by atoms with E-state index in [0.717, 1.165) is 24.3 Å². The minimum absolute atomic E-state index is 0.139. The molecule has 2 nitrogen and oxygen atoms in total. The quantitative estimate of drug-likeness (QED) is 0.807. The van der Waals surface area contributed by atoms with Gasteiger partial charge in [-0.2, -0.15) is 0 Å². The van der Waals surface area contributed by atoms with Crippen molar-refractivity contribution < 1.29 is 4.74 Å². The van der Waals surface area contributed by atoms with Crippen LogP contribution in [0.25, 0.3) is 11.1 Å². The fraction of sp³-hybridized carbons (Fsp3) is 0.368. The Labute approximate surface area is 128 Å². The summed E-state index contributed by atoms with van der Waals surface area (Å²) >= 11 is 0. The number of nitrogens with one attached hydrogen (secondary N) is 1. The first-order valence-electron chi connectivity index (χ1n) is 7.80. The number of benzene rings is 2. The Kier molecular flexibility index (Phi) is 5.82. The molecule has 0 radical (unpaired) electrons. The van der Waals surface area contributed by atoms with Crippen molar-refractivity contribution in [3.8, 4) is 16.9 Å². The minimum Gasteiger partial charge on any atom is -0.488 e. The number of para-hydroxylation sites is 1. The van der Waals surface area contributed by atoms with Gasteiger partial charge in [-0.25, -0.2) is 0 Å². The smallest absolute Gasteiger partial charge is 0.127 e. The second kappa shape index (κ2) is 7.84. The molecule has 2 aromatic rings. The van der Waals surface area contributed by atoms with Crippen LogP contribution in [-0.2, 0) is 0 Å². The molecule has 0 aliphatic rings. The highest BCUT2D eigenvalue weighted by Crippen LogP contribution is 2.30. The average molecular weight is 283 g/mol. The summed E-state index contributed by atoms with van der Waals surface area (Å²) in [5, 5.41) is 3.49. The van der Waals surface area contributed by atoms with Crippen LogP contribution in [0.1, 0.15) is 27.2 Å². The van der Waals surface area contributed by atoms with E-state index in [2.05, 4.69) is 68.6 Å². The van der Waals surface area contributed by atoms with Gasteiger partial charge in [-0.05, 0) is 31.5 Å².